The summed E-state index contributed by atoms with van der Waals surface area (Å²) in [6, 6.07) is 3.75. The van der Waals surface area contributed by atoms with Gasteiger partial charge in [0.1, 0.15) is 5.70 Å². The number of carbonyl (C=O) groups excluding carboxylic acids is 1. The molecule has 1 aromatic rings. The minimum Gasteiger partial charge on any atom is -0.347 e. The van der Waals surface area contributed by atoms with Crippen molar-refractivity contribution in [3.8, 4) is 0 Å². The van der Waals surface area contributed by atoms with Crippen molar-refractivity contribution in [1.82, 2.24) is 15.6 Å². The first kappa shape index (κ1) is 10.4. The van der Waals surface area contributed by atoms with Crippen molar-refractivity contribution in [3.05, 3.63) is 41.9 Å². The Labute approximate surface area is 93.3 Å². The molecular formula is C11H12N4O. The molecule has 0 radical (unpaired) electrons. The van der Waals surface area contributed by atoms with Crippen LogP contribution in [0.5, 0.6) is 0 Å². The van der Waals surface area contributed by atoms with Crippen LogP contribution in [0.2, 0.25) is 0 Å². The summed E-state index contributed by atoms with van der Waals surface area (Å²) in [5.74, 6) is -0.130. The van der Waals surface area contributed by atoms with E-state index in [4.69, 9.17) is 0 Å². The van der Waals surface area contributed by atoms with Gasteiger partial charge in [-0.2, -0.15) is 0 Å². The molecule has 5 heteroatoms. The van der Waals surface area contributed by atoms with E-state index < -0.39 is 0 Å². The van der Waals surface area contributed by atoms with Gasteiger partial charge in [0.25, 0.3) is 5.91 Å². The van der Waals surface area contributed by atoms with Crippen LogP contribution in [0, 0.1) is 0 Å². The van der Waals surface area contributed by atoms with E-state index in [1.54, 1.807) is 18.5 Å². The van der Waals surface area contributed by atoms with Gasteiger partial charge in [0, 0.05) is 18.9 Å². The summed E-state index contributed by atoms with van der Waals surface area (Å²) < 4.78 is 0. The van der Waals surface area contributed by atoms with E-state index in [-0.39, 0.29) is 5.91 Å². The Hall–Kier alpha value is -2.17. The molecule has 0 aliphatic carbocycles. The van der Waals surface area contributed by atoms with Gasteiger partial charge in [0.2, 0.25) is 0 Å². The highest BCUT2D eigenvalue weighted by Crippen LogP contribution is 1.97. The Morgan fingerprint density at radius 1 is 1.56 bits per heavy atom. The number of nitrogens with zero attached hydrogens (tertiary/aromatic N) is 2. The standard InChI is InChI=1S/C11H12N4O/c16-11(10-3-5-13-8-15-10)14-7-9-2-1-4-12-6-9/h1-4,6,8H,5,7H2,(H,13,15)(H,14,16). The van der Waals surface area contributed by atoms with Gasteiger partial charge in [-0.1, -0.05) is 6.07 Å². The molecule has 0 unspecified atom stereocenters. The molecule has 0 saturated carbocycles. The van der Waals surface area contributed by atoms with E-state index in [1.807, 2.05) is 12.1 Å². The SMILES string of the molecule is O=C(NCc1cccnc1)C1=CCN=CN1. The molecule has 0 spiro atoms. The second kappa shape index (κ2) is 5.06. The summed E-state index contributed by atoms with van der Waals surface area (Å²) in [6.45, 7) is 1.02. The lowest BCUT2D eigenvalue weighted by Gasteiger charge is -2.10. The fourth-order valence-corrected chi connectivity index (χ4v) is 1.31. The predicted octanol–water partition coefficient (Wildman–Crippen LogP) is 0.213. The van der Waals surface area contributed by atoms with Gasteiger partial charge in [0.05, 0.1) is 12.9 Å². The Bertz CT molecular complexity index is 425. The molecule has 1 aromatic heterocycles. The molecule has 1 aliphatic heterocycles. The van der Waals surface area contributed by atoms with E-state index in [9.17, 15) is 4.79 Å². The van der Waals surface area contributed by atoms with Gasteiger partial charge >= 0.3 is 0 Å². The van der Waals surface area contributed by atoms with Crippen LogP contribution in [0.3, 0.4) is 0 Å². The quantitative estimate of drug-likeness (QED) is 0.759. The van der Waals surface area contributed by atoms with Gasteiger partial charge < -0.3 is 10.6 Å². The minimum atomic E-state index is -0.130. The van der Waals surface area contributed by atoms with E-state index in [1.165, 1.54) is 6.34 Å². The number of hydrogen-bond acceptors (Lipinski definition) is 4. The minimum absolute atomic E-state index is 0.130. The van der Waals surface area contributed by atoms with Crippen molar-refractivity contribution in [1.29, 1.82) is 0 Å². The maximum atomic E-state index is 11.6. The zero-order chi connectivity index (χ0) is 11.2. The molecule has 2 heterocycles. The van der Waals surface area contributed by atoms with Crippen LogP contribution in [-0.4, -0.2) is 23.8 Å². The fraction of sp³-hybridized carbons (Fsp3) is 0.182. The smallest absolute Gasteiger partial charge is 0.267 e. The summed E-state index contributed by atoms with van der Waals surface area (Å²) in [5.41, 5.74) is 1.51. The molecule has 0 aromatic carbocycles. The Morgan fingerprint density at radius 2 is 2.50 bits per heavy atom. The van der Waals surface area contributed by atoms with Gasteiger partial charge in [-0.25, -0.2) is 0 Å². The number of nitrogens with one attached hydrogen (secondary N) is 2. The summed E-state index contributed by atoms with van der Waals surface area (Å²) in [7, 11) is 0. The molecule has 1 amide bonds. The molecule has 0 saturated heterocycles. The average Bonchev–Trinajstić information content (AvgIpc) is 2.38. The van der Waals surface area contributed by atoms with Crippen molar-refractivity contribution in [2.24, 2.45) is 4.99 Å². The molecule has 2 N–H and O–H groups in total. The Morgan fingerprint density at radius 3 is 3.19 bits per heavy atom. The number of amides is 1. The van der Waals surface area contributed by atoms with E-state index in [2.05, 4.69) is 20.6 Å². The van der Waals surface area contributed by atoms with E-state index in [0.717, 1.165) is 5.56 Å². The monoisotopic (exact) mass is 216 g/mol. The molecular weight excluding hydrogens is 204 g/mol. The molecule has 82 valence electrons. The molecule has 16 heavy (non-hydrogen) atoms. The highest BCUT2D eigenvalue weighted by Gasteiger charge is 2.08. The van der Waals surface area contributed by atoms with Crippen molar-refractivity contribution in [2.45, 2.75) is 6.54 Å². The van der Waals surface area contributed by atoms with Crippen LogP contribution < -0.4 is 10.6 Å². The van der Waals surface area contributed by atoms with E-state index in [0.29, 0.717) is 18.8 Å². The molecule has 2 rings (SSSR count). The topological polar surface area (TPSA) is 66.4 Å². The van der Waals surface area contributed by atoms with Crippen molar-refractivity contribution in [2.75, 3.05) is 6.54 Å². The van der Waals surface area contributed by atoms with Crippen molar-refractivity contribution >= 4 is 12.2 Å². The van der Waals surface area contributed by atoms with Gasteiger partial charge in [-0.05, 0) is 17.7 Å². The molecule has 5 nitrogen and oxygen atoms in total. The van der Waals surface area contributed by atoms with Crippen LogP contribution >= 0.6 is 0 Å². The van der Waals surface area contributed by atoms with Gasteiger partial charge in [-0.15, -0.1) is 0 Å². The summed E-state index contributed by atoms with van der Waals surface area (Å²) in [4.78, 5) is 19.5. The van der Waals surface area contributed by atoms with Crippen LogP contribution in [0.4, 0.5) is 0 Å². The second-order valence-electron chi connectivity index (χ2n) is 3.30. The largest absolute Gasteiger partial charge is 0.347 e. The van der Waals surface area contributed by atoms with Crippen molar-refractivity contribution in [3.63, 3.8) is 0 Å². The first-order valence-corrected chi connectivity index (χ1v) is 4.98. The van der Waals surface area contributed by atoms with Crippen LogP contribution in [0.15, 0.2) is 41.3 Å². The van der Waals surface area contributed by atoms with Crippen LogP contribution in [0.1, 0.15) is 5.56 Å². The number of hydrogen-bond donors (Lipinski definition) is 2. The summed E-state index contributed by atoms with van der Waals surface area (Å²) in [5, 5.41) is 5.59. The molecule has 0 bridgehead atoms. The normalized spacial score (nSPS) is 13.9. The van der Waals surface area contributed by atoms with Crippen molar-refractivity contribution < 1.29 is 4.79 Å². The molecule has 0 fully saturated rings. The number of rotatable bonds is 3. The highest BCUT2D eigenvalue weighted by molar-refractivity contribution is 5.95. The van der Waals surface area contributed by atoms with Gasteiger partial charge in [0.15, 0.2) is 0 Å². The third kappa shape index (κ3) is 2.66. The maximum Gasteiger partial charge on any atom is 0.267 e. The molecule has 1 aliphatic rings. The lowest BCUT2D eigenvalue weighted by atomic mass is 10.2. The van der Waals surface area contributed by atoms with Gasteiger partial charge in [-0.3, -0.25) is 14.8 Å². The maximum absolute atomic E-state index is 11.6. The predicted molar refractivity (Wildman–Crippen MR) is 60.7 cm³/mol. The third-order valence-electron chi connectivity index (χ3n) is 2.13. The Balaban J connectivity index is 1.87. The summed E-state index contributed by atoms with van der Waals surface area (Å²) in [6.07, 6.45) is 6.70. The zero-order valence-electron chi connectivity index (χ0n) is 8.68. The van der Waals surface area contributed by atoms with Crippen LogP contribution in [0.25, 0.3) is 0 Å². The average molecular weight is 216 g/mol. The number of aliphatic imine (C=N–C) groups is 1. The number of pyridine rings is 1. The second-order valence-corrected chi connectivity index (χ2v) is 3.30. The first-order valence-electron chi connectivity index (χ1n) is 4.98. The number of carbonyl (C=O) groups is 1. The molecule has 0 atom stereocenters. The lowest BCUT2D eigenvalue weighted by Crippen LogP contribution is -2.32. The number of aromatic nitrogens is 1. The summed E-state index contributed by atoms with van der Waals surface area (Å²) >= 11 is 0. The zero-order valence-corrected chi connectivity index (χ0v) is 8.68. The van der Waals surface area contributed by atoms with E-state index >= 15 is 0 Å². The highest BCUT2D eigenvalue weighted by atomic mass is 16.2. The fourth-order valence-electron chi connectivity index (χ4n) is 1.31. The van der Waals surface area contributed by atoms with Crippen LogP contribution in [-0.2, 0) is 11.3 Å². The lowest BCUT2D eigenvalue weighted by molar-refractivity contribution is -0.117. The first-order chi connectivity index (χ1) is 7.86. The Kier molecular flexibility index (Phi) is 3.28. The third-order valence-corrected chi connectivity index (χ3v) is 2.13.